The molecule has 0 aliphatic heterocycles. The number of amides is 2. The lowest BCUT2D eigenvalue weighted by molar-refractivity contribution is -0.385. The number of methoxy groups -OCH3 is 1. The second-order valence-electron chi connectivity index (χ2n) is 10.4. The van der Waals surface area contributed by atoms with Crippen molar-refractivity contribution in [2.75, 3.05) is 24.5 Å². The van der Waals surface area contributed by atoms with Crippen molar-refractivity contribution in [3.63, 3.8) is 0 Å². The molecule has 0 spiro atoms. The molecule has 0 aliphatic carbocycles. The smallest absolute Gasteiger partial charge is 0.273 e. The van der Waals surface area contributed by atoms with E-state index >= 15 is 0 Å². The highest BCUT2D eigenvalue weighted by Crippen LogP contribution is 2.29. The molecule has 3 aromatic carbocycles. The fourth-order valence-electron chi connectivity index (χ4n) is 4.75. The number of nitro benzene ring substituents is 1. The Kier molecular flexibility index (Phi) is 11.9. The van der Waals surface area contributed by atoms with Gasteiger partial charge < -0.3 is 15.0 Å². The number of unbranched alkanes of at least 4 members (excludes halogenated alkanes) is 1. The van der Waals surface area contributed by atoms with Gasteiger partial charge in [-0.05, 0) is 68.1 Å². The van der Waals surface area contributed by atoms with Crippen molar-refractivity contribution in [2.45, 2.75) is 64.4 Å². The zero-order valence-corrected chi connectivity index (χ0v) is 26.6. The number of aryl methyl sites for hydroxylation is 2. The van der Waals surface area contributed by atoms with Crippen molar-refractivity contribution in [1.82, 2.24) is 10.2 Å². The van der Waals surface area contributed by atoms with E-state index in [-0.39, 0.29) is 28.7 Å². The van der Waals surface area contributed by atoms with Crippen LogP contribution in [0.4, 0.5) is 11.4 Å². The first-order valence-electron chi connectivity index (χ1n) is 14.5. The number of hydrogen-bond donors (Lipinski definition) is 1. The quantitative estimate of drug-likeness (QED) is 0.140. The molecule has 1 atom stereocenters. The summed E-state index contributed by atoms with van der Waals surface area (Å²) in [4.78, 5) is 39.6. The molecule has 0 fully saturated rings. The maximum absolute atomic E-state index is 14.2. The van der Waals surface area contributed by atoms with Crippen molar-refractivity contribution in [1.29, 1.82) is 0 Å². The lowest BCUT2D eigenvalue weighted by Gasteiger charge is -2.33. The number of ether oxygens (including phenoxy) is 1. The number of benzene rings is 3. The van der Waals surface area contributed by atoms with Gasteiger partial charge in [0, 0.05) is 24.7 Å². The first kappa shape index (κ1) is 34.0. The fraction of sp³-hybridized carbons (Fsp3) is 0.375. The van der Waals surface area contributed by atoms with Crippen LogP contribution in [0.15, 0.2) is 71.6 Å². The van der Waals surface area contributed by atoms with Gasteiger partial charge >= 0.3 is 0 Å². The topological polar surface area (TPSA) is 139 Å². The van der Waals surface area contributed by atoms with Gasteiger partial charge in [-0.2, -0.15) is 0 Å². The predicted octanol–water partition coefficient (Wildman–Crippen LogP) is 5.14. The van der Waals surface area contributed by atoms with E-state index in [4.69, 9.17) is 4.74 Å². The minimum atomic E-state index is -4.49. The highest BCUT2D eigenvalue weighted by atomic mass is 32.2. The molecule has 44 heavy (non-hydrogen) atoms. The molecule has 0 unspecified atom stereocenters. The Labute approximate surface area is 259 Å². The average molecular weight is 625 g/mol. The molecule has 2 amide bonds. The Morgan fingerprint density at radius 2 is 1.68 bits per heavy atom. The van der Waals surface area contributed by atoms with Crippen molar-refractivity contribution >= 4 is 33.2 Å². The van der Waals surface area contributed by atoms with E-state index < -0.39 is 33.4 Å². The summed E-state index contributed by atoms with van der Waals surface area (Å²) in [5, 5.41) is 14.5. The highest BCUT2D eigenvalue weighted by molar-refractivity contribution is 7.92. The van der Waals surface area contributed by atoms with Crippen LogP contribution in [0.3, 0.4) is 0 Å². The number of carbonyl (C=O) groups excluding carboxylic acids is 2. The van der Waals surface area contributed by atoms with E-state index in [1.54, 1.807) is 19.1 Å². The molecule has 0 saturated carbocycles. The van der Waals surface area contributed by atoms with Crippen molar-refractivity contribution in [3.05, 3.63) is 93.5 Å². The average Bonchev–Trinajstić information content (AvgIpc) is 3.00. The number of carbonyl (C=O) groups is 2. The van der Waals surface area contributed by atoms with Crippen LogP contribution < -0.4 is 14.4 Å². The number of nitrogens with zero attached hydrogens (tertiary/aromatic N) is 3. The summed E-state index contributed by atoms with van der Waals surface area (Å²) in [5.74, 6) is -0.456. The summed E-state index contributed by atoms with van der Waals surface area (Å²) >= 11 is 0. The number of nitrogens with one attached hydrogen (secondary N) is 1. The third kappa shape index (κ3) is 8.13. The molecule has 0 heterocycles. The largest absolute Gasteiger partial charge is 0.497 e. The SMILES string of the molecule is CCCCNC(=O)[C@@H](CC)N(Cc1ccccc1C)C(=O)CN(c1ccc(OC)cc1)S(=O)(=O)c1ccc(C)c([N+](=O)[O-])c1. The van der Waals surface area contributed by atoms with Crippen LogP contribution in [0.5, 0.6) is 5.75 Å². The van der Waals surface area contributed by atoms with Crippen LogP contribution in [0.1, 0.15) is 49.8 Å². The predicted molar refractivity (Wildman–Crippen MR) is 169 cm³/mol. The first-order valence-corrected chi connectivity index (χ1v) is 15.9. The second kappa shape index (κ2) is 15.3. The number of nitro groups is 1. The lowest BCUT2D eigenvalue weighted by atomic mass is 10.1. The molecule has 0 aromatic heterocycles. The van der Waals surface area contributed by atoms with Gasteiger partial charge in [-0.15, -0.1) is 0 Å². The third-order valence-corrected chi connectivity index (χ3v) is 9.19. The van der Waals surface area contributed by atoms with Crippen LogP contribution in [-0.2, 0) is 26.2 Å². The summed E-state index contributed by atoms with van der Waals surface area (Å²) < 4.78 is 34.4. The standard InChI is InChI=1S/C32H40N4O7S/c1-6-8-19-33-32(38)29(7-2)34(21-25-12-10-9-11-23(25)3)31(37)22-35(26-14-16-27(43-5)17-15-26)44(41,42)28-18-13-24(4)30(20-28)36(39)40/h9-18,20,29H,6-8,19,21-22H2,1-5H3,(H,33,38)/t29-/m1/s1. The zero-order valence-electron chi connectivity index (χ0n) is 25.8. The molecule has 3 rings (SSSR count). The van der Waals surface area contributed by atoms with Gasteiger partial charge in [0.05, 0.1) is 22.6 Å². The molecule has 0 bridgehead atoms. The molecule has 0 aliphatic rings. The number of rotatable bonds is 15. The van der Waals surface area contributed by atoms with E-state index in [2.05, 4.69) is 5.32 Å². The number of anilines is 1. The normalized spacial score (nSPS) is 11.8. The van der Waals surface area contributed by atoms with E-state index in [0.29, 0.717) is 24.3 Å². The van der Waals surface area contributed by atoms with Gasteiger partial charge in [0.25, 0.3) is 15.7 Å². The number of sulfonamides is 1. The summed E-state index contributed by atoms with van der Waals surface area (Å²) in [6, 6.07) is 16.3. The molecular weight excluding hydrogens is 584 g/mol. The van der Waals surface area contributed by atoms with E-state index in [1.165, 1.54) is 43.2 Å². The van der Waals surface area contributed by atoms with Gasteiger partial charge in [0.15, 0.2) is 0 Å². The molecule has 1 N–H and O–H groups in total. The molecule has 11 nitrogen and oxygen atoms in total. The Morgan fingerprint density at radius 1 is 1.00 bits per heavy atom. The Hall–Kier alpha value is -4.45. The van der Waals surface area contributed by atoms with Crippen LogP contribution in [0.25, 0.3) is 0 Å². The van der Waals surface area contributed by atoms with Crippen molar-refractivity contribution in [2.24, 2.45) is 0 Å². The van der Waals surface area contributed by atoms with Crippen LogP contribution in [-0.4, -0.2) is 56.3 Å². The highest BCUT2D eigenvalue weighted by Gasteiger charge is 2.34. The maximum atomic E-state index is 14.2. The molecular formula is C32H40N4O7S. The Morgan fingerprint density at radius 3 is 2.27 bits per heavy atom. The molecule has 0 radical (unpaired) electrons. The summed E-state index contributed by atoms with van der Waals surface area (Å²) in [7, 11) is -3.02. The van der Waals surface area contributed by atoms with Crippen LogP contribution in [0, 0.1) is 24.0 Å². The summed E-state index contributed by atoms with van der Waals surface area (Å²) in [6.07, 6.45) is 1.96. The van der Waals surface area contributed by atoms with Crippen molar-refractivity contribution < 1.29 is 27.7 Å². The van der Waals surface area contributed by atoms with Gasteiger partial charge in [0.2, 0.25) is 11.8 Å². The summed E-state index contributed by atoms with van der Waals surface area (Å²) in [5.41, 5.74) is 1.82. The first-order chi connectivity index (χ1) is 20.9. The maximum Gasteiger partial charge on any atom is 0.273 e. The molecule has 236 valence electrons. The Bertz CT molecular complexity index is 1580. The molecule has 0 saturated heterocycles. The van der Waals surface area contributed by atoms with E-state index in [0.717, 1.165) is 34.3 Å². The Balaban J connectivity index is 2.11. The zero-order chi connectivity index (χ0) is 32.4. The van der Waals surface area contributed by atoms with Crippen LogP contribution >= 0.6 is 0 Å². The second-order valence-corrected chi connectivity index (χ2v) is 12.3. The fourth-order valence-corrected chi connectivity index (χ4v) is 6.18. The van der Waals surface area contributed by atoms with E-state index in [1.807, 2.05) is 38.1 Å². The van der Waals surface area contributed by atoms with Gasteiger partial charge in [0.1, 0.15) is 18.3 Å². The minimum absolute atomic E-state index is 0.0811. The van der Waals surface area contributed by atoms with Gasteiger partial charge in [-0.25, -0.2) is 8.42 Å². The monoisotopic (exact) mass is 624 g/mol. The van der Waals surface area contributed by atoms with Crippen LogP contribution in [0.2, 0.25) is 0 Å². The third-order valence-electron chi connectivity index (χ3n) is 7.42. The summed E-state index contributed by atoms with van der Waals surface area (Å²) in [6.45, 7) is 7.10. The molecule has 3 aromatic rings. The van der Waals surface area contributed by atoms with Gasteiger partial charge in [-0.3, -0.25) is 24.0 Å². The minimum Gasteiger partial charge on any atom is -0.497 e. The van der Waals surface area contributed by atoms with Crippen molar-refractivity contribution in [3.8, 4) is 5.75 Å². The lowest BCUT2D eigenvalue weighted by Crippen LogP contribution is -2.52. The number of hydrogen-bond acceptors (Lipinski definition) is 7. The molecule has 12 heteroatoms. The van der Waals surface area contributed by atoms with E-state index in [9.17, 15) is 28.1 Å². The van der Waals surface area contributed by atoms with Gasteiger partial charge in [-0.1, -0.05) is 50.6 Å².